The Kier molecular flexibility index (Phi) is 5.04. The molecule has 1 aromatic carbocycles. The third-order valence-corrected chi connectivity index (χ3v) is 3.59. The van der Waals surface area contributed by atoms with Gasteiger partial charge in [-0.1, -0.05) is 17.3 Å². The van der Waals surface area contributed by atoms with Crippen LogP contribution in [0.15, 0.2) is 41.0 Å². The highest BCUT2D eigenvalue weighted by molar-refractivity contribution is 5.90. The quantitative estimate of drug-likeness (QED) is 0.327. The number of oxazole rings is 1. The largest absolute Gasteiger partial charge is 0.481 e. The van der Waals surface area contributed by atoms with Crippen LogP contribution in [0.4, 0.5) is 0 Å². The maximum Gasteiger partial charge on any atom is 0.303 e. The van der Waals surface area contributed by atoms with Gasteiger partial charge in [-0.2, -0.15) is 0 Å². The van der Waals surface area contributed by atoms with Gasteiger partial charge in [-0.3, -0.25) is 14.8 Å². The van der Waals surface area contributed by atoms with Gasteiger partial charge >= 0.3 is 5.97 Å². The van der Waals surface area contributed by atoms with Crippen LogP contribution in [0, 0.1) is 0 Å². The second-order valence-corrected chi connectivity index (χ2v) is 5.40. The number of fused-ring (bicyclic) bond motifs is 1. The topological polar surface area (TPSA) is 143 Å². The number of carboxylic acids is 1. The van der Waals surface area contributed by atoms with Gasteiger partial charge < -0.3 is 9.52 Å². The van der Waals surface area contributed by atoms with Crippen molar-refractivity contribution in [2.45, 2.75) is 18.9 Å². The van der Waals surface area contributed by atoms with E-state index in [-0.39, 0.29) is 12.8 Å². The Bertz CT molecular complexity index is 928. The van der Waals surface area contributed by atoms with Crippen molar-refractivity contribution in [3.8, 4) is 0 Å². The standard InChI is InChI=1S/C16H15N5O5/c22-14(19-25)7-5-10-9-21(20-18-10)12(6-8-15(23)24)16-17-11-3-1-2-4-13(11)26-16/h1-5,7,9,12,25H,6,8H2,(H,19,22)(H,23,24)/b7-5+. The zero-order chi connectivity index (χ0) is 18.5. The zero-order valence-corrected chi connectivity index (χ0v) is 13.4. The summed E-state index contributed by atoms with van der Waals surface area (Å²) < 4.78 is 7.17. The minimum absolute atomic E-state index is 0.110. The van der Waals surface area contributed by atoms with Crippen LogP contribution in [0.5, 0.6) is 0 Å². The summed E-state index contributed by atoms with van der Waals surface area (Å²) in [4.78, 5) is 26.4. The fourth-order valence-corrected chi connectivity index (χ4v) is 2.38. The van der Waals surface area contributed by atoms with Crippen molar-refractivity contribution in [3.05, 3.63) is 48.1 Å². The summed E-state index contributed by atoms with van der Waals surface area (Å²) in [6, 6.07) is 6.63. The van der Waals surface area contributed by atoms with E-state index in [1.54, 1.807) is 12.1 Å². The van der Waals surface area contributed by atoms with Crippen molar-refractivity contribution in [2.75, 3.05) is 0 Å². The molecule has 0 bridgehead atoms. The van der Waals surface area contributed by atoms with E-state index in [1.807, 2.05) is 12.1 Å². The van der Waals surface area contributed by atoms with Crippen LogP contribution in [-0.2, 0) is 9.59 Å². The van der Waals surface area contributed by atoms with Crippen LogP contribution < -0.4 is 5.48 Å². The molecule has 0 saturated heterocycles. The maximum atomic E-state index is 11.0. The molecule has 0 aliphatic heterocycles. The van der Waals surface area contributed by atoms with Gasteiger partial charge in [0.1, 0.15) is 17.3 Å². The first-order valence-corrected chi connectivity index (χ1v) is 7.68. The number of aliphatic carboxylic acids is 1. The zero-order valence-electron chi connectivity index (χ0n) is 13.4. The normalized spacial score (nSPS) is 12.5. The summed E-state index contributed by atoms with van der Waals surface area (Å²) in [6.45, 7) is 0. The highest BCUT2D eigenvalue weighted by Crippen LogP contribution is 2.26. The number of rotatable bonds is 7. The molecule has 0 spiro atoms. The van der Waals surface area contributed by atoms with Gasteiger partial charge in [0.05, 0.1) is 6.20 Å². The van der Waals surface area contributed by atoms with Crippen LogP contribution in [0.1, 0.15) is 30.5 Å². The molecule has 1 atom stereocenters. The summed E-state index contributed by atoms with van der Waals surface area (Å²) in [5.41, 5.74) is 3.06. The van der Waals surface area contributed by atoms with Crippen LogP contribution in [0.3, 0.4) is 0 Å². The predicted molar refractivity (Wildman–Crippen MR) is 88.0 cm³/mol. The molecule has 3 N–H and O–H groups in total. The highest BCUT2D eigenvalue weighted by Gasteiger charge is 2.22. The highest BCUT2D eigenvalue weighted by atomic mass is 16.5. The van der Waals surface area contributed by atoms with E-state index in [9.17, 15) is 9.59 Å². The van der Waals surface area contributed by atoms with Crippen molar-refractivity contribution in [3.63, 3.8) is 0 Å². The molecule has 3 aromatic rings. The number of amides is 1. The molecule has 10 nitrogen and oxygen atoms in total. The van der Waals surface area contributed by atoms with Gasteiger partial charge in [0.2, 0.25) is 5.89 Å². The Balaban J connectivity index is 1.91. The number of carbonyl (C=O) groups is 2. The lowest BCUT2D eigenvalue weighted by atomic mass is 10.1. The van der Waals surface area contributed by atoms with Gasteiger partial charge in [0, 0.05) is 12.5 Å². The number of hydrogen-bond acceptors (Lipinski definition) is 7. The average Bonchev–Trinajstić information content (AvgIpc) is 3.26. The fourth-order valence-electron chi connectivity index (χ4n) is 2.38. The van der Waals surface area contributed by atoms with Crippen LogP contribution >= 0.6 is 0 Å². The van der Waals surface area contributed by atoms with Gasteiger partial charge in [-0.05, 0) is 24.6 Å². The van der Waals surface area contributed by atoms with E-state index in [0.717, 1.165) is 6.08 Å². The molecule has 0 fully saturated rings. The first kappa shape index (κ1) is 17.3. The Morgan fingerprint density at radius 1 is 1.35 bits per heavy atom. The SMILES string of the molecule is O=C(O)CCC(c1nc2ccccc2o1)n1cc(/C=C/C(=O)NO)nn1. The van der Waals surface area contributed by atoms with Gasteiger partial charge in [-0.15, -0.1) is 5.10 Å². The first-order valence-electron chi connectivity index (χ1n) is 7.68. The van der Waals surface area contributed by atoms with Gasteiger partial charge in [-0.25, -0.2) is 15.1 Å². The third-order valence-electron chi connectivity index (χ3n) is 3.59. The molecule has 10 heteroatoms. The average molecular weight is 357 g/mol. The van der Waals surface area contributed by atoms with E-state index in [0.29, 0.717) is 22.7 Å². The van der Waals surface area contributed by atoms with Crippen LogP contribution in [0.25, 0.3) is 17.2 Å². The Hall–Kier alpha value is -3.53. The number of nitrogens with zero attached hydrogens (tertiary/aromatic N) is 4. The Morgan fingerprint density at radius 2 is 2.15 bits per heavy atom. The van der Waals surface area contributed by atoms with E-state index >= 15 is 0 Å². The molecular formula is C16H15N5O5. The molecule has 26 heavy (non-hydrogen) atoms. The minimum atomic E-state index is -0.953. The molecule has 0 radical (unpaired) electrons. The summed E-state index contributed by atoms with van der Waals surface area (Å²) in [5, 5.41) is 25.3. The van der Waals surface area contributed by atoms with E-state index < -0.39 is 17.9 Å². The molecule has 134 valence electrons. The summed E-state index contributed by atoms with van der Waals surface area (Å²) in [5.74, 6) is -1.34. The fraction of sp³-hybridized carbons (Fsp3) is 0.188. The first-order chi connectivity index (χ1) is 12.6. The maximum absolute atomic E-state index is 11.0. The number of hydroxylamine groups is 1. The van der Waals surface area contributed by atoms with Crippen molar-refractivity contribution < 1.29 is 24.3 Å². The second kappa shape index (κ2) is 7.57. The number of para-hydroxylation sites is 2. The minimum Gasteiger partial charge on any atom is -0.481 e. The van der Waals surface area contributed by atoms with Crippen molar-refractivity contribution in [1.82, 2.24) is 25.5 Å². The summed E-state index contributed by atoms with van der Waals surface area (Å²) in [6.07, 6.45) is 4.06. The molecule has 2 heterocycles. The molecular weight excluding hydrogens is 342 g/mol. The molecule has 1 unspecified atom stereocenters. The molecule has 3 rings (SSSR count). The lowest BCUT2D eigenvalue weighted by Gasteiger charge is -2.11. The molecule has 0 aliphatic carbocycles. The van der Waals surface area contributed by atoms with Crippen molar-refractivity contribution >= 4 is 29.1 Å². The van der Waals surface area contributed by atoms with Crippen molar-refractivity contribution in [1.29, 1.82) is 0 Å². The van der Waals surface area contributed by atoms with E-state index in [4.69, 9.17) is 14.7 Å². The van der Waals surface area contributed by atoms with Crippen molar-refractivity contribution in [2.24, 2.45) is 0 Å². The number of benzene rings is 1. The summed E-state index contributed by atoms with van der Waals surface area (Å²) >= 11 is 0. The molecule has 0 aliphatic rings. The lowest BCUT2D eigenvalue weighted by Crippen LogP contribution is -2.14. The Morgan fingerprint density at radius 3 is 2.88 bits per heavy atom. The van der Waals surface area contributed by atoms with Gasteiger partial charge in [0.25, 0.3) is 5.91 Å². The number of carboxylic acid groups (broad SMARTS) is 1. The van der Waals surface area contributed by atoms with E-state index in [2.05, 4.69) is 15.3 Å². The smallest absolute Gasteiger partial charge is 0.303 e. The molecule has 1 amide bonds. The predicted octanol–water partition coefficient (Wildman–Crippen LogP) is 1.39. The van der Waals surface area contributed by atoms with Crippen LogP contribution in [0.2, 0.25) is 0 Å². The van der Waals surface area contributed by atoms with Gasteiger partial charge in [0.15, 0.2) is 5.58 Å². The lowest BCUT2D eigenvalue weighted by molar-refractivity contribution is -0.137. The molecule has 0 saturated carbocycles. The number of nitrogens with one attached hydrogen (secondary N) is 1. The number of carbonyl (C=O) groups excluding carboxylic acids is 1. The number of hydrogen-bond donors (Lipinski definition) is 3. The number of aromatic nitrogens is 4. The second-order valence-electron chi connectivity index (χ2n) is 5.40. The third kappa shape index (κ3) is 3.92. The Labute approximate surface area is 146 Å². The summed E-state index contributed by atoms with van der Waals surface area (Å²) in [7, 11) is 0. The molecule has 2 aromatic heterocycles. The van der Waals surface area contributed by atoms with E-state index in [1.165, 1.54) is 22.4 Å². The monoisotopic (exact) mass is 357 g/mol. The van der Waals surface area contributed by atoms with Crippen LogP contribution in [-0.4, -0.2) is 42.2 Å².